The van der Waals surface area contributed by atoms with Crippen molar-refractivity contribution in [1.29, 1.82) is 0 Å². The third-order valence-corrected chi connectivity index (χ3v) is 3.73. The summed E-state index contributed by atoms with van der Waals surface area (Å²) in [5.74, 6) is -0.186. The van der Waals surface area contributed by atoms with Crippen LogP contribution in [0.1, 0.15) is 37.0 Å². The molecule has 4 heteroatoms. The van der Waals surface area contributed by atoms with E-state index in [1.165, 1.54) is 0 Å². The van der Waals surface area contributed by atoms with Gasteiger partial charge >= 0.3 is 5.97 Å². The van der Waals surface area contributed by atoms with Gasteiger partial charge in [0.2, 0.25) is 0 Å². The fourth-order valence-electron chi connectivity index (χ4n) is 2.69. The van der Waals surface area contributed by atoms with Crippen LogP contribution in [0.15, 0.2) is 18.2 Å². The zero-order chi connectivity index (χ0) is 13.3. The molecule has 2 atom stereocenters. The minimum atomic E-state index is -0.908. The normalized spacial score (nSPS) is 24.0. The number of carbonyl (C=O) groups is 1. The number of anilines is 2. The Kier molecular flexibility index (Phi) is 3.45. The predicted molar refractivity (Wildman–Crippen MR) is 73.0 cm³/mol. The van der Waals surface area contributed by atoms with Crippen LogP contribution in [0.25, 0.3) is 0 Å². The van der Waals surface area contributed by atoms with Crippen molar-refractivity contribution < 1.29 is 9.90 Å². The van der Waals surface area contributed by atoms with Crippen LogP contribution in [-0.4, -0.2) is 23.7 Å². The largest absolute Gasteiger partial charge is 0.478 e. The summed E-state index contributed by atoms with van der Waals surface area (Å²) in [5, 5.41) is 9.05. The molecule has 0 amide bonds. The molecule has 0 bridgehead atoms. The number of rotatable bonds is 2. The first-order valence-electron chi connectivity index (χ1n) is 6.38. The third kappa shape index (κ3) is 2.42. The number of nitrogens with zero attached hydrogens (tertiary/aromatic N) is 1. The molecule has 0 spiro atoms. The maximum absolute atomic E-state index is 11.0. The first-order chi connectivity index (χ1) is 8.49. The van der Waals surface area contributed by atoms with Gasteiger partial charge in [-0.2, -0.15) is 0 Å². The maximum Gasteiger partial charge on any atom is 0.335 e. The van der Waals surface area contributed by atoms with Crippen LogP contribution < -0.4 is 10.6 Å². The lowest BCUT2D eigenvalue weighted by Crippen LogP contribution is -2.40. The molecule has 0 aliphatic carbocycles. The van der Waals surface area contributed by atoms with E-state index >= 15 is 0 Å². The van der Waals surface area contributed by atoms with E-state index in [4.69, 9.17) is 10.8 Å². The van der Waals surface area contributed by atoms with E-state index in [9.17, 15) is 4.79 Å². The maximum atomic E-state index is 11.0. The summed E-state index contributed by atoms with van der Waals surface area (Å²) >= 11 is 0. The fraction of sp³-hybridized carbons (Fsp3) is 0.500. The Morgan fingerprint density at radius 3 is 2.78 bits per heavy atom. The smallest absolute Gasteiger partial charge is 0.335 e. The summed E-state index contributed by atoms with van der Waals surface area (Å²) in [6.45, 7) is 5.36. The van der Waals surface area contributed by atoms with Crippen molar-refractivity contribution in [2.24, 2.45) is 5.92 Å². The molecule has 3 N–H and O–H groups in total. The molecule has 1 aliphatic heterocycles. The van der Waals surface area contributed by atoms with Gasteiger partial charge in [-0.3, -0.25) is 0 Å². The predicted octanol–water partition coefficient (Wildman–Crippen LogP) is 2.59. The molecule has 2 unspecified atom stereocenters. The van der Waals surface area contributed by atoms with Crippen LogP contribution >= 0.6 is 0 Å². The summed E-state index contributed by atoms with van der Waals surface area (Å²) in [4.78, 5) is 13.2. The topological polar surface area (TPSA) is 66.6 Å². The van der Waals surface area contributed by atoms with Gasteiger partial charge in [0.1, 0.15) is 0 Å². The first kappa shape index (κ1) is 12.7. The highest BCUT2D eigenvalue weighted by Crippen LogP contribution is 2.32. The van der Waals surface area contributed by atoms with Crippen LogP contribution in [0, 0.1) is 5.92 Å². The molecule has 0 radical (unpaired) electrons. The third-order valence-electron chi connectivity index (χ3n) is 3.73. The van der Waals surface area contributed by atoms with Crippen LogP contribution in [0.5, 0.6) is 0 Å². The van der Waals surface area contributed by atoms with Gasteiger partial charge in [0.15, 0.2) is 0 Å². The second kappa shape index (κ2) is 4.88. The van der Waals surface area contributed by atoms with Crippen molar-refractivity contribution in [3.05, 3.63) is 23.8 Å². The monoisotopic (exact) mass is 248 g/mol. The van der Waals surface area contributed by atoms with E-state index in [2.05, 4.69) is 18.7 Å². The Morgan fingerprint density at radius 1 is 1.44 bits per heavy atom. The summed E-state index contributed by atoms with van der Waals surface area (Å²) < 4.78 is 0. The minimum Gasteiger partial charge on any atom is -0.478 e. The SMILES string of the molecule is CC1CCN(c2cc(C(=O)O)ccc2N)C(C)C1. The molecular formula is C14H20N2O2. The van der Waals surface area contributed by atoms with Crippen LogP contribution in [0.4, 0.5) is 11.4 Å². The molecule has 0 saturated carbocycles. The van der Waals surface area contributed by atoms with E-state index in [1.807, 2.05) is 0 Å². The molecule has 18 heavy (non-hydrogen) atoms. The number of hydrogen-bond donors (Lipinski definition) is 2. The Balaban J connectivity index is 2.32. The van der Waals surface area contributed by atoms with Gasteiger partial charge in [0, 0.05) is 12.6 Å². The molecule has 2 rings (SSSR count). The van der Waals surface area contributed by atoms with Crippen LogP contribution in [0.2, 0.25) is 0 Å². The summed E-state index contributed by atoms with van der Waals surface area (Å²) in [5.41, 5.74) is 7.79. The van der Waals surface area contributed by atoms with Gasteiger partial charge in [-0.25, -0.2) is 4.79 Å². The van der Waals surface area contributed by atoms with E-state index in [1.54, 1.807) is 18.2 Å². The lowest BCUT2D eigenvalue weighted by molar-refractivity contribution is 0.0697. The lowest BCUT2D eigenvalue weighted by Gasteiger charge is -2.39. The Morgan fingerprint density at radius 2 is 2.17 bits per heavy atom. The van der Waals surface area contributed by atoms with Crippen molar-refractivity contribution in [3.8, 4) is 0 Å². The zero-order valence-corrected chi connectivity index (χ0v) is 10.9. The number of carboxylic acids is 1. The number of piperidine rings is 1. The number of benzene rings is 1. The summed E-state index contributed by atoms with van der Waals surface area (Å²) in [7, 11) is 0. The van der Waals surface area contributed by atoms with Crippen molar-refractivity contribution in [3.63, 3.8) is 0 Å². The molecule has 0 aromatic heterocycles. The highest BCUT2D eigenvalue weighted by molar-refractivity contribution is 5.90. The van der Waals surface area contributed by atoms with Gasteiger partial charge in [-0.05, 0) is 43.9 Å². The molecular weight excluding hydrogens is 228 g/mol. The second-order valence-electron chi connectivity index (χ2n) is 5.25. The second-order valence-corrected chi connectivity index (χ2v) is 5.25. The summed E-state index contributed by atoms with van der Waals surface area (Å²) in [6.07, 6.45) is 2.25. The fourth-order valence-corrected chi connectivity index (χ4v) is 2.69. The Hall–Kier alpha value is -1.71. The number of nitrogen functional groups attached to an aromatic ring is 1. The zero-order valence-electron chi connectivity index (χ0n) is 10.9. The number of nitrogens with two attached hydrogens (primary N) is 1. The van der Waals surface area contributed by atoms with Gasteiger partial charge in [0.05, 0.1) is 16.9 Å². The highest BCUT2D eigenvalue weighted by Gasteiger charge is 2.24. The van der Waals surface area contributed by atoms with E-state index in [-0.39, 0.29) is 0 Å². The molecule has 4 nitrogen and oxygen atoms in total. The first-order valence-corrected chi connectivity index (χ1v) is 6.38. The van der Waals surface area contributed by atoms with Crippen molar-refractivity contribution in [2.45, 2.75) is 32.7 Å². The minimum absolute atomic E-state index is 0.296. The molecule has 1 saturated heterocycles. The van der Waals surface area contributed by atoms with Crippen LogP contribution in [-0.2, 0) is 0 Å². The van der Waals surface area contributed by atoms with Gasteiger partial charge in [0.25, 0.3) is 0 Å². The van der Waals surface area contributed by atoms with E-state index in [0.29, 0.717) is 17.3 Å². The molecule has 1 aromatic carbocycles. The van der Waals surface area contributed by atoms with Gasteiger partial charge in [-0.15, -0.1) is 0 Å². The van der Waals surface area contributed by atoms with Gasteiger partial charge < -0.3 is 15.7 Å². The Labute approximate surface area is 107 Å². The number of carboxylic acid groups (broad SMARTS) is 1. The van der Waals surface area contributed by atoms with E-state index in [0.717, 1.165) is 31.0 Å². The highest BCUT2D eigenvalue weighted by atomic mass is 16.4. The molecule has 1 aliphatic rings. The average molecular weight is 248 g/mol. The summed E-state index contributed by atoms with van der Waals surface area (Å²) in [6, 6.07) is 5.33. The van der Waals surface area contributed by atoms with Crippen LogP contribution in [0.3, 0.4) is 0 Å². The van der Waals surface area contributed by atoms with Crippen molar-refractivity contribution in [2.75, 3.05) is 17.2 Å². The number of hydrogen-bond acceptors (Lipinski definition) is 3. The molecule has 1 fully saturated rings. The number of aromatic carboxylic acids is 1. The standard InChI is InChI=1S/C14H20N2O2/c1-9-5-6-16(10(2)7-9)13-8-11(14(17)18)3-4-12(13)15/h3-4,8-10H,5-7,15H2,1-2H3,(H,17,18). The lowest BCUT2D eigenvalue weighted by atomic mass is 9.92. The average Bonchev–Trinajstić information content (AvgIpc) is 2.30. The molecule has 98 valence electrons. The Bertz CT molecular complexity index is 459. The van der Waals surface area contributed by atoms with Gasteiger partial charge in [-0.1, -0.05) is 6.92 Å². The van der Waals surface area contributed by atoms with E-state index < -0.39 is 5.97 Å². The van der Waals surface area contributed by atoms with Crippen molar-refractivity contribution >= 4 is 17.3 Å². The molecule has 1 heterocycles. The quantitative estimate of drug-likeness (QED) is 0.789. The molecule has 1 aromatic rings. The van der Waals surface area contributed by atoms with Crippen molar-refractivity contribution in [1.82, 2.24) is 0 Å².